The van der Waals surface area contributed by atoms with Crippen molar-refractivity contribution in [2.24, 2.45) is 0 Å². The van der Waals surface area contributed by atoms with Gasteiger partial charge in [0, 0.05) is 29.7 Å². The quantitative estimate of drug-likeness (QED) is 0.620. The first-order chi connectivity index (χ1) is 7.14. The van der Waals surface area contributed by atoms with E-state index >= 15 is 0 Å². The van der Waals surface area contributed by atoms with Gasteiger partial charge in [-0.25, -0.2) is 4.21 Å². The molecule has 0 aliphatic heterocycles. The summed E-state index contributed by atoms with van der Waals surface area (Å²) in [7, 11) is -2.87. The summed E-state index contributed by atoms with van der Waals surface area (Å²) in [5.74, 6) is 1.11. The van der Waals surface area contributed by atoms with E-state index in [0.717, 1.165) is 6.42 Å². The molecule has 0 aromatic rings. The summed E-state index contributed by atoms with van der Waals surface area (Å²) in [4.78, 5) is 0. The molecule has 16 heavy (non-hydrogen) atoms. The van der Waals surface area contributed by atoms with Gasteiger partial charge in [0.05, 0.1) is 6.07 Å². The first kappa shape index (κ1) is 21.5. The van der Waals surface area contributed by atoms with Gasteiger partial charge >= 0.3 is 0 Å². The monoisotopic (exact) mass is 291 g/mol. The van der Waals surface area contributed by atoms with Crippen LogP contribution in [-0.4, -0.2) is 31.5 Å². The second-order valence-corrected chi connectivity index (χ2v) is 7.37. The lowest BCUT2D eigenvalue weighted by atomic mass is 10.1. The Bertz CT molecular complexity index is 231. The van der Waals surface area contributed by atoms with Crippen molar-refractivity contribution in [2.45, 2.75) is 38.9 Å². The van der Waals surface area contributed by atoms with Gasteiger partial charge in [0.25, 0.3) is 0 Å². The number of alkyl halides is 2. The van der Waals surface area contributed by atoms with Gasteiger partial charge in [-0.05, 0) is 20.3 Å². The van der Waals surface area contributed by atoms with Crippen LogP contribution in [0.1, 0.15) is 34.1 Å². The normalized spacial score (nSPS) is 11.2. The van der Waals surface area contributed by atoms with Crippen LogP contribution in [0.4, 0.5) is 0 Å². The molecule has 1 N–H and O–H groups in total. The molecule has 0 aromatic heterocycles. The van der Waals surface area contributed by atoms with Crippen LogP contribution in [0.25, 0.3) is 0 Å². The van der Waals surface area contributed by atoms with E-state index in [9.17, 15) is 4.21 Å². The molecular weight excluding hydrogens is 269 g/mol. The van der Waals surface area contributed by atoms with E-state index in [1.54, 1.807) is 6.07 Å². The number of hydrogen-bond donors (Lipinski definition) is 2. The molecule has 0 fully saturated rings. The fraction of sp³-hybridized carbons (Fsp3) is 0.900. The Kier molecular flexibility index (Phi) is 15.6. The fourth-order valence-corrected chi connectivity index (χ4v) is 0.880. The Labute approximate surface area is 110 Å². The number of hydrogen-bond acceptors (Lipinski definition) is 2. The summed E-state index contributed by atoms with van der Waals surface area (Å²) < 4.78 is 19.7. The van der Waals surface area contributed by atoms with Crippen molar-refractivity contribution in [1.82, 2.24) is 0 Å². The van der Waals surface area contributed by atoms with Gasteiger partial charge in [0.1, 0.15) is 0 Å². The molecule has 0 spiro atoms. The lowest BCUT2D eigenvalue weighted by Crippen LogP contribution is -2.35. The molecule has 0 heterocycles. The molecule has 6 heteroatoms. The van der Waals surface area contributed by atoms with E-state index in [-0.39, 0.29) is 0 Å². The van der Waals surface area contributed by atoms with E-state index in [0.29, 0.717) is 11.8 Å². The third-order valence-corrected chi connectivity index (χ3v) is 5.19. The summed E-state index contributed by atoms with van der Waals surface area (Å²) in [6.07, 6.45) is 2.16. The minimum atomic E-state index is -2.87. The van der Waals surface area contributed by atoms with Crippen LogP contribution >= 0.6 is 23.2 Å². The Morgan fingerprint density at radius 3 is 1.62 bits per heavy atom. The van der Waals surface area contributed by atoms with Crippen molar-refractivity contribution in [3.05, 3.63) is 0 Å². The average Bonchev–Trinajstić information content (AvgIpc) is 2.18. The lowest BCUT2D eigenvalue weighted by molar-refractivity contribution is 0.491. The first-order valence-corrected chi connectivity index (χ1v) is 8.05. The van der Waals surface area contributed by atoms with E-state index in [1.807, 2.05) is 20.8 Å². The zero-order valence-electron chi connectivity index (χ0n) is 10.6. The van der Waals surface area contributed by atoms with Crippen molar-refractivity contribution in [1.29, 1.82) is 5.26 Å². The third-order valence-electron chi connectivity index (χ3n) is 2.06. The maximum atomic E-state index is 11.0. The Morgan fingerprint density at radius 1 is 1.38 bits per heavy atom. The highest BCUT2D eigenvalue weighted by molar-refractivity contribution is 7.98. The number of nitriles is 1. The summed E-state index contributed by atoms with van der Waals surface area (Å²) >= 11 is 10.1. The Morgan fingerprint density at radius 2 is 1.62 bits per heavy atom. The first-order valence-electron chi connectivity index (χ1n) is 4.87. The number of halogens is 2. The van der Waals surface area contributed by atoms with E-state index in [1.165, 1.54) is 13.2 Å². The van der Waals surface area contributed by atoms with Gasteiger partial charge in [0.2, 0.25) is 0 Å². The molecule has 100 valence electrons. The zero-order chi connectivity index (χ0) is 13.8. The molecule has 0 amide bonds. The zero-order valence-corrected chi connectivity index (χ0v) is 13.0. The van der Waals surface area contributed by atoms with Crippen LogP contribution in [0.5, 0.6) is 0 Å². The topological polar surface area (TPSA) is 61.1 Å². The van der Waals surface area contributed by atoms with Crippen molar-refractivity contribution in [3.63, 3.8) is 0 Å². The highest BCUT2D eigenvalue weighted by Gasteiger charge is 2.22. The van der Waals surface area contributed by atoms with Crippen LogP contribution in [0, 0.1) is 11.3 Å². The number of thiol groups is 1. The standard InChI is InChI=1S/C6H16O2S.C2H4Cl2.C2H3N/c1-5-6(2,3)9(4,7)8;3-1-2-4;1-2-3/h9H,5H2,1-4H3,(H,7,8);1-2H2;1H3. The summed E-state index contributed by atoms with van der Waals surface area (Å²) in [6, 6.07) is 1.75. The molecule has 3 nitrogen and oxygen atoms in total. The average molecular weight is 292 g/mol. The molecule has 0 aliphatic carbocycles. The molecule has 0 saturated heterocycles. The predicted octanol–water partition coefficient (Wildman–Crippen LogP) is 3.29. The predicted molar refractivity (Wildman–Crippen MR) is 75.2 cm³/mol. The van der Waals surface area contributed by atoms with Gasteiger partial charge < -0.3 is 4.55 Å². The Hall–Kier alpha value is 0.180. The largest absolute Gasteiger partial charge is 0.305 e. The van der Waals surface area contributed by atoms with Crippen molar-refractivity contribution in [2.75, 3.05) is 18.0 Å². The number of nitrogens with zero attached hydrogens (tertiary/aromatic N) is 1. The van der Waals surface area contributed by atoms with Gasteiger partial charge in [-0.2, -0.15) is 15.5 Å². The van der Waals surface area contributed by atoms with Crippen LogP contribution in [0.2, 0.25) is 0 Å². The van der Waals surface area contributed by atoms with Gasteiger partial charge in [0.15, 0.2) is 0 Å². The third kappa shape index (κ3) is 14.2. The molecule has 0 radical (unpaired) electrons. The highest BCUT2D eigenvalue weighted by Crippen LogP contribution is 2.22. The SMILES string of the molecule is CC#N.CCC(C)(C)[SH](C)(=O)O.ClCCCl. The molecular formula is C10H23Cl2NO2S. The smallest absolute Gasteiger partial charge is 0.0587 e. The molecule has 0 aliphatic rings. The van der Waals surface area contributed by atoms with Gasteiger partial charge in [-0.1, -0.05) is 6.92 Å². The minimum Gasteiger partial charge on any atom is -0.305 e. The summed E-state index contributed by atoms with van der Waals surface area (Å²) in [5, 5.41) is 7.32. The fourth-order valence-electron chi connectivity index (χ4n) is 0.293. The minimum absolute atomic E-state index is 0.410. The van der Waals surface area contributed by atoms with Crippen LogP contribution in [0.3, 0.4) is 0 Å². The van der Waals surface area contributed by atoms with Crippen molar-refractivity contribution >= 4 is 33.4 Å². The molecule has 0 rings (SSSR count). The highest BCUT2D eigenvalue weighted by atomic mass is 35.5. The van der Waals surface area contributed by atoms with E-state index in [4.69, 9.17) is 33.0 Å². The molecule has 0 bridgehead atoms. The molecule has 0 atom stereocenters. The van der Waals surface area contributed by atoms with Crippen molar-refractivity contribution < 1.29 is 8.76 Å². The Balaban J connectivity index is -0.000000201. The second kappa shape index (κ2) is 11.7. The molecule has 0 aromatic carbocycles. The number of rotatable bonds is 3. The molecule has 0 unspecified atom stereocenters. The van der Waals surface area contributed by atoms with Gasteiger partial charge in [-0.3, -0.25) is 0 Å². The van der Waals surface area contributed by atoms with Crippen LogP contribution in [-0.2, 0) is 10.2 Å². The van der Waals surface area contributed by atoms with E-state index < -0.39 is 15.0 Å². The second-order valence-electron chi connectivity index (χ2n) is 3.65. The molecule has 0 saturated carbocycles. The maximum Gasteiger partial charge on any atom is 0.0587 e. The summed E-state index contributed by atoms with van der Waals surface area (Å²) in [5.41, 5.74) is 0. The van der Waals surface area contributed by atoms with Crippen LogP contribution < -0.4 is 0 Å². The van der Waals surface area contributed by atoms with Crippen molar-refractivity contribution in [3.8, 4) is 6.07 Å². The maximum absolute atomic E-state index is 11.0. The van der Waals surface area contributed by atoms with Crippen LogP contribution in [0.15, 0.2) is 0 Å². The van der Waals surface area contributed by atoms with E-state index in [2.05, 4.69) is 0 Å². The van der Waals surface area contributed by atoms with Gasteiger partial charge in [-0.15, -0.1) is 23.2 Å². The summed E-state index contributed by atoms with van der Waals surface area (Å²) in [6.45, 7) is 6.98. The lowest BCUT2D eigenvalue weighted by Gasteiger charge is -2.34.